The first-order valence-electron chi connectivity index (χ1n) is 8.77. The number of carbonyl (C=O) groups excluding carboxylic acids is 1. The molecule has 0 aliphatic carbocycles. The van der Waals surface area contributed by atoms with Gasteiger partial charge in [-0.25, -0.2) is 0 Å². The van der Waals surface area contributed by atoms with Gasteiger partial charge in [0, 0.05) is 17.3 Å². The third-order valence-corrected chi connectivity index (χ3v) is 4.15. The summed E-state index contributed by atoms with van der Waals surface area (Å²) >= 11 is 5.25. The smallest absolute Gasteiger partial charge is 0.257 e. The van der Waals surface area contributed by atoms with Crippen LogP contribution in [0.5, 0.6) is 5.75 Å². The molecule has 0 aliphatic rings. The van der Waals surface area contributed by atoms with E-state index in [0.717, 1.165) is 16.8 Å². The summed E-state index contributed by atoms with van der Waals surface area (Å²) in [6.45, 7) is 4.04. The molecule has 140 valence electrons. The minimum absolute atomic E-state index is 0.220. The highest BCUT2D eigenvalue weighted by atomic mass is 32.1. The minimum Gasteiger partial charge on any atom is -0.489 e. The van der Waals surface area contributed by atoms with Crippen LogP contribution in [0, 0.1) is 0 Å². The fraction of sp³-hybridized carbons (Fsp3) is 0.0435. The molecule has 2 N–H and O–H groups in total. The predicted molar refractivity (Wildman–Crippen MR) is 118 cm³/mol. The first-order chi connectivity index (χ1) is 13.7. The van der Waals surface area contributed by atoms with Gasteiger partial charge in [0.1, 0.15) is 12.4 Å². The fourth-order valence-corrected chi connectivity index (χ4v) is 2.81. The van der Waals surface area contributed by atoms with Gasteiger partial charge in [-0.15, -0.1) is 0 Å². The SMILES string of the molecule is C=CCOc1cccc(NC(=S)NC(=O)c2ccc(-c3ccccc3)cc2)c1. The van der Waals surface area contributed by atoms with Gasteiger partial charge in [0.15, 0.2) is 5.11 Å². The van der Waals surface area contributed by atoms with E-state index in [1.807, 2.05) is 60.7 Å². The maximum atomic E-state index is 12.4. The van der Waals surface area contributed by atoms with Crippen molar-refractivity contribution in [3.8, 4) is 16.9 Å². The standard InChI is InChI=1S/C23H20N2O2S/c1-2-15-27-21-10-6-9-20(16-21)24-23(28)25-22(26)19-13-11-18(12-14-19)17-7-4-3-5-8-17/h2-14,16H,1,15H2,(H2,24,25,26,28). The number of amides is 1. The molecule has 0 radical (unpaired) electrons. The molecule has 0 fully saturated rings. The van der Waals surface area contributed by atoms with Crippen LogP contribution in [-0.4, -0.2) is 17.6 Å². The Morgan fingerprint density at radius 1 is 0.964 bits per heavy atom. The molecular formula is C23H20N2O2S. The minimum atomic E-state index is -0.267. The van der Waals surface area contributed by atoms with Gasteiger partial charge < -0.3 is 10.1 Å². The summed E-state index contributed by atoms with van der Waals surface area (Å²) in [7, 11) is 0. The Labute approximate surface area is 169 Å². The first-order valence-corrected chi connectivity index (χ1v) is 9.18. The van der Waals surface area contributed by atoms with Crippen molar-refractivity contribution in [2.75, 3.05) is 11.9 Å². The maximum Gasteiger partial charge on any atom is 0.257 e. The average molecular weight is 388 g/mol. The van der Waals surface area contributed by atoms with Crippen molar-refractivity contribution >= 4 is 28.9 Å². The topological polar surface area (TPSA) is 50.4 Å². The zero-order chi connectivity index (χ0) is 19.8. The van der Waals surface area contributed by atoms with Crippen molar-refractivity contribution in [3.63, 3.8) is 0 Å². The van der Waals surface area contributed by atoms with Crippen LogP contribution in [0.25, 0.3) is 11.1 Å². The number of anilines is 1. The molecule has 0 aromatic heterocycles. The Morgan fingerprint density at radius 2 is 1.68 bits per heavy atom. The molecule has 1 amide bonds. The van der Waals surface area contributed by atoms with E-state index >= 15 is 0 Å². The van der Waals surface area contributed by atoms with Crippen molar-refractivity contribution in [1.82, 2.24) is 5.32 Å². The van der Waals surface area contributed by atoms with Crippen LogP contribution < -0.4 is 15.4 Å². The molecule has 3 rings (SSSR count). The zero-order valence-corrected chi connectivity index (χ0v) is 16.0. The highest BCUT2D eigenvalue weighted by Gasteiger charge is 2.09. The van der Waals surface area contributed by atoms with Gasteiger partial charge in [0.05, 0.1) is 0 Å². The molecule has 0 saturated heterocycles. The normalized spacial score (nSPS) is 10.0. The van der Waals surface area contributed by atoms with Gasteiger partial charge in [-0.05, 0) is 47.6 Å². The van der Waals surface area contributed by atoms with Crippen LogP contribution in [-0.2, 0) is 0 Å². The lowest BCUT2D eigenvalue weighted by Gasteiger charge is -2.11. The van der Waals surface area contributed by atoms with Crippen LogP contribution in [0.4, 0.5) is 5.69 Å². The first kappa shape index (κ1) is 19.3. The van der Waals surface area contributed by atoms with E-state index in [4.69, 9.17) is 17.0 Å². The second-order valence-electron chi connectivity index (χ2n) is 5.98. The number of hydrogen-bond acceptors (Lipinski definition) is 3. The van der Waals surface area contributed by atoms with Gasteiger partial charge >= 0.3 is 0 Å². The average Bonchev–Trinajstić information content (AvgIpc) is 2.73. The predicted octanol–water partition coefficient (Wildman–Crippen LogP) is 5.05. The van der Waals surface area contributed by atoms with Crippen molar-refractivity contribution in [2.45, 2.75) is 0 Å². The Morgan fingerprint density at radius 3 is 2.39 bits per heavy atom. The van der Waals surface area contributed by atoms with E-state index in [1.165, 1.54) is 0 Å². The molecular weight excluding hydrogens is 368 g/mol. The Balaban J connectivity index is 1.60. The quantitative estimate of drug-likeness (QED) is 0.459. The molecule has 0 spiro atoms. The van der Waals surface area contributed by atoms with E-state index in [-0.39, 0.29) is 11.0 Å². The van der Waals surface area contributed by atoms with E-state index in [2.05, 4.69) is 17.2 Å². The van der Waals surface area contributed by atoms with Gasteiger partial charge in [-0.1, -0.05) is 61.2 Å². The molecule has 5 heteroatoms. The molecule has 4 nitrogen and oxygen atoms in total. The van der Waals surface area contributed by atoms with Crippen molar-refractivity contribution in [3.05, 3.63) is 97.1 Å². The number of thiocarbonyl (C=S) groups is 1. The van der Waals surface area contributed by atoms with Crippen molar-refractivity contribution < 1.29 is 9.53 Å². The lowest BCUT2D eigenvalue weighted by Crippen LogP contribution is -2.34. The van der Waals surface area contributed by atoms with Crippen LogP contribution >= 0.6 is 12.2 Å². The molecule has 3 aromatic carbocycles. The zero-order valence-electron chi connectivity index (χ0n) is 15.2. The summed E-state index contributed by atoms with van der Waals surface area (Å²) < 4.78 is 5.49. The molecule has 0 saturated carbocycles. The summed E-state index contributed by atoms with van der Waals surface area (Å²) in [5, 5.41) is 5.90. The van der Waals surface area contributed by atoms with Gasteiger partial charge in [0.25, 0.3) is 5.91 Å². The van der Waals surface area contributed by atoms with Crippen molar-refractivity contribution in [1.29, 1.82) is 0 Å². The summed E-state index contributed by atoms with van der Waals surface area (Å²) in [5.41, 5.74) is 3.41. The number of nitrogens with one attached hydrogen (secondary N) is 2. The number of carbonyl (C=O) groups is 1. The molecule has 28 heavy (non-hydrogen) atoms. The van der Waals surface area contributed by atoms with Crippen molar-refractivity contribution in [2.24, 2.45) is 0 Å². The Bertz CT molecular complexity index is 969. The van der Waals surface area contributed by atoms with Crippen LogP contribution in [0.1, 0.15) is 10.4 Å². The third-order valence-electron chi connectivity index (χ3n) is 3.94. The monoisotopic (exact) mass is 388 g/mol. The largest absolute Gasteiger partial charge is 0.489 e. The summed E-state index contributed by atoms with van der Waals surface area (Å²) in [4.78, 5) is 12.4. The second-order valence-corrected chi connectivity index (χ2v) is 6.39. The Kier molecular flexibility index (Phi) is 6.54. The van der Waals surface area contributed by atoms with Gasteiger partial charge in [0.2, 0.25) is 0 Å². The van der Waals surface area contributed by atoms with Gasteiger partial charge in [-0.3, -0.25) is 10.1 Å². The molecule has 0 unspecified atom stereocenters. The van der Waals surface area contributed by atoms with Crippen LogP contribution in [0.3, 0.4) is 0 Å². The molecule has 0 aliphatic heterocycles. The number of rotatable bonds is 6. The fourth-order valence-electron chi connectivity index (χ4n) is 2.60. The lowest BCUT2D eigenvalue weighted by molar-refractivity contribution is 0.0978. The molecule has 0 heterocycles. The number of hydrogen-bond donors (Lipinski definition) is 2. The van der Waals surface area contributed by atoms with E-state index in [9.17, 15) is 4.79 Å². The lowest BCUT2D eigenvalue weighted by atomic mass is 10.0. The third kappa shape index (κ3) is 5.28. The van der Waals surface area contributed by atoms with E-state index in [0.29, 0.717) is 17.9 Å². The van der Waals surface area contributed by atoms with Crippen LogP contribution in [0.2, 0.25) is 0 Å². The summed E-state index contributed by atoms with van der Waals surface area (Å²) in [6.07, 6.45) is 1.67. The number of ether oxygens (including phenoxy) is 1. The van der Waals surface area contributed by atoms with E-state index < -0.39 is 0 Å². The highest BCUT2D eigenvalue weighted by Crippen LogP contribution is 2.19. The maximum absolute atomic E-state index is 12.4. The molecule has 0 atom stereocenters. The Hall–Kier alpha value is -3.44. The van der Waals surface area contributed by atoms with E-state index in [1.54, 1.807) is 24.3 Å². The van der Waals surface area contributed by atoms with Gasteiger partial charge in [-0.2, -0.15) is 0 Å². The number of benzene rings is 3. The molecule has 0 bridgehead atoms. The summed E-state index contributed by atoms with van der Waals surface area (Å²) in [5.74, 6) is 0.423. The summed E-state index contributed by atoms with van der Waals surface area (Å²) in [6, 6.07) is 24.7. The second kappa shape index (κ2) is 9.48. The molecule has 3 aromatic rings. The van der Waals surface area contributed by atoms with Crippen LogP contribution in [0.15, 0.2) is 91.5 Å². The highest BCUT2D eigenvalue weighted by molar-refractivity contribution is 7.80.